The minimum atomic E-state index is -0.944. The van der Waals surface area contributed by atoms with Gasteiger partial charge in [-0.15, -0.1) is 0 Å². The molecule has 1 aromatic heterocycles. The van der Waals surface area contributed by atoms with Crippen LogP contribution in [0.25, 0.3) is 10.9 Å². The summed E-state index contributed by atoms with van der Waals surface area (Å²) in [5.41, 5.74) is 5.49. The molecule has 5 N–H and O–H groups in total. The molecule has 196 valence electrons. The summed E-state index contributed by atoms with van der Waals surface area (Å²) in [5, 5.41) is 2.72. The molecule has 37 heavy (non-hydrogen) atoms. The van der Waals surface area contributed by atoms with E-state index in [1.807, 2.05) is 0 Å². The molecule has 0 unspecified atom stereocenters. The number of nitrogens with zero attached hydrogens (tertiary/aromatic N) is 3. The number of ether oxygens (including phenoxy) is 2. The number of hydrogen-bond acceptors (Lipinski definition) is 7. The maximum absolute atomic E-state index is 14.5. The van der Waals surface area contributed by atoms with Crippen molar-refractivity contribution in [3.8, 4) is 11.5 Å². The van der Waals surface area contributed by atoms with E-state index in [2.05, 4.69) is 15.3 Å². The monoisotopic (exact) mass is 535 g/mol. The summed E-state index contributed by atoms with van der Waals surface area (Å²) in [5.74, 6) is -1.69. The van der Waals surface area contributed by atoms with Gasteiger partial charge in [0.05, 0.1) is 18.3 Å². The van der Waals surface area contributed by atoms with E-state index in [4.69, 9.17) is 26.8 Å². The molecule has 0 bridgehead atoms. The molecule has 13 heteroatoms. The van der Waals surface area contributed by atoms with Crippen molar-refractivity contribution in [2.24, 2.45) is 5.73 Å². The molecule has 10 nitrogen and oxygen atoms in total. The standard InChI is InChI=1S/C24H22ClF2N5O4.H2O/c1-35-18-11-17-14(24(30-12-29-17)31-16-3-2-15(26)22(25)23(16)27)10-19(18)36-13-6-8-32(9-7-13)21(34)5-4-20(28)33;/h2-5,10-13H,6-9H2,1H3,(H2,28,33)(H,29,30,31);1H2/b5-4+;. The lowest BCUT2D eigenvalue weighted by atomic mass is 10.1. The normalized spacial score (nSPS) is 13.9. The number of amides is 2. The molecule has 0 radical (unpaired) electrons. The smallest absolute Gasteiger partial charge is 0.246 e. The number of anilines is 2. The number of methoxy groups -OCH3 is 1. The summed E-state index contributed by atoms with van der Waals surface area (Å²) in [4.78, 5) is 33.0. The van der Waals surface area contributed by atoms with Crippen LogP contribution in [0.2, 0.25) is 5.02 Å². The van der Waals surface area contributed by atoms with Gasteiger partial charge in [0.25, 0.3) is 0 Å². The zero-order valence-electron chi connectivity index (χ0n) is 19.6. The van der Waals surface area contributed by atoms with Gasteiger partial charge in [-0.2, -0.15) is 0 Å². The van der Waals surface area contributed by atoms with Crippen molar-refractivity contribution in [1.82, 2.24) is 14.9 Å². The minimum Gasteiger partial charge on any atom is -0.493 e. The number of nitrogens with two attached hydrogens (primary N) is 1. The zero-order valence-corrected chi connectivity index (χ0v) is 20.4. The van der Waals surface area contributed by atoms with Crippen LogP contribution in [0.5, 0.6) is 11.5 Å². The number of piperidine rings is 1. The van der Waals surface area contributed by atoms with Gasteiger partial charge in [-0.25, -0.2) is 18.7 Å². The topological polar surface area (TPSA) is 151 Å². The third-order valence-corrected chi connectivity index (χ3v) is 5.99. The maximum atomic E-state index is 14.5. The Morgan fingerprint density at radius 3 is 2.57 bits per heavy atom. The number of fused-ring (bicyclic) bond motifs is 1. The second-order valence-electron chi connectivity index (χ2n) is 7.97. The maximum Gasteiger partial charge on any atom is 0.246 e. The van der Waals surface area contributed by atoms with E-state index in [9.17, 15) is 18.4 Å². The molecule has 0 spiro atoms. The quantitative estimate of drug-likeness (QED) is 0.348. The Bertz CT molecular complexity index is 1350. The van der Waals surface area contributed by atoms with E-state index in [1.165, 1.54) is 19.5 Å². The lowest BCUT2D eigenvalue weighted by molar-refractivity contribution is -0.128. The number of rotatable bonds is 7. The van der Waals surface area contributed by atoms with Crippen LogP contribution < -0.4 is 20.5 Å². The highest BCUT2D eigenvalue weighted by molar-refractivity contribution is 6.31. The average Bonchev–Trinajstić information content (AvgIpc) is 2.88. The highest BCUT2D eigenvalue weighted by atomic mass is 35.5. The lowest BCUT2D eigenvalue weighted by Gasteiger charge is -2.32. The molecule has 2 amide bonds. The van der Waals surface area contributed by atoms with Gasteiger partial charge in [-0.1, -0.05) is 11.6 Å². The molecule has 0 atom stereocenters. The van der Waals surface area contributed by atoms with E-state index in [0.717, 1.165) is 18.2 Å². The van der Waals surface area contributed by atoms with Crippen molar-refractivity contribution in [3.05, 3.63) is 59.4 Å². The number of halogens is 3. The fraction of sp³-hybridized carbons (Fsp3) is 0.250. The molecule has 0 saturated carbocycles. The summed E-state index contributed by atoms with van der Waals surface area (Å²) >= 11 is 5.69. The van der Waals surface area contributed by atoms with Gasteiger partial charge in [0.15, 0.2) is 17.3 Å². The van der Waals surface area contributed by atoms with Gasteiger partial charge >= 0.3 is 0 Å². The van der Waals surface area contributed by atoms with Gasteiger partial charge in [0.1, 0.15) is 29.1 Å². The van der Waals surface area contributed by atoms with Crippen LogP contribution in [-0.4, -0.2) is 58.5 Å². The van der Waals surface area contributed by atoms with Gasteiger partial charge in [0, 0.05) is 49.5 Å². The van der Waals surface area contributed by atoms with Crippen molar-refractivity contribution in [1.29, 1.82) is 0 Å². The third kappa shape index (κ3) is 6.22. The van der Waals surface area contributed by atoms with E-state index in [-0.39, 0.29) is 29.0 Å². The molecule has 1 aliphatic rings. The summed E-state index contributed by atoms with van der Waals surface area (Å²) in [7, 11) is 1.50. The molecule has 3 aromatic rings. The van der Waals surface area contributed by atoms with Crippen LogP contribution in [-0.2, 0) is 9.59 Å². The van der Waals surface area contributed by atoms with Crippen molar-refractivity contribution in [3.63, 3.8) is 0 Å². The van der Waals surface area contributed by atoms with Crippen LogP contribution in [0.4, 0.5) is 20.3 Å². The average molecular weight is 536 g/mol. The summed E-state index contributed by atoms with van der Waals surface area (Å²) in [6.07, 6.45) is 4.37. The predicted molar refractivity (Wildman–Crippen MR) is 133 cm³/mol. The van der Waals surface area contributed by atoms with E-state index in [0.29, 0.717) is 48.3 Å². The van der Waals surface area contributed by atoms with Crippen LogP contribution in [0.15, 0.2) is 42.7 Å². The first-order valence-corrected chi connectivity index (χ1v) is 11.3. The number of nitrogens with one attached hydrogen (secondary N) is 1. The molecule has 1 saturated heterocycles. The van der Waals surface area contributed by atoms with Gasteiger partial charge in [-0.05, 0) is 18.2 Å². The molecule has 0 aliphatic carbocycles. The lowest BCUT2D eigenvalue weighted by Crippen LogP contribution is -2.41. The Morgan fingerprint density at radius 1 is 1.16 bits per heavy atom. The molecule has 1 fully saturated rings. The van der Waals surface area contributed by atoms with Crippen molar-refractivity contribution >= 4 is 45.8 Å². The molecule has 2 heterocycles. The number of aromatic nitrogens is 2. The Kier molecular flexibility index (Phi) is 8.79. The summed E-state index contributed by atoms with van der Waals surface area (Å²) < 4.78 is 39.7. The van der Waals surface area contributed by atoms with Gasteiger partial charge < -0.3 is 30.9 Å². The van der Waals surface area contributed by atoms with Gasteiger partial charge in [-0.3, -0.25) is 9.59 Å². The van der Waals surface area contributed by atoms with Crippen LogP contribution in [0.3, 0.4) is 0 Å². The summed E-state index contributed by atoms with van der Waals surface area (Å²) in [6.45, 7) is 0.867. The first kappa shape index (κ1) is 27.6. The zero-order chi connectivity index (χ0) is 25.8. The fourth-order valence-corrected chi connectivity index (χ4v) is 3.96. The highest BCUT2D eigenvalue weighted by Gasteiger charge is 2.24. The highest BCUT2D eigenvalue weighted by Crippen LogP contribution is 2.37. The molecule has 1 aliphatic heterocycles. The Morgan fingerprint density at radius 2 is 1.89 bits per heavy atom. The van der Waals surface area contributed by atoms with Gasteiger partial charge in [0.2, 0.25) is 11.8 Å². The SMILES string of the molecule is COc1cc2ncnc(Nc3ccc(F)c(Cl)c3F)c2cc1OC1CCN(C(=O)/C=C/C(N)=O)CC1.O. The first-order chi connectivity index (χ1) is 17.3. The van der Waals surface area contributed by atoms with E-state index >= 15 is 0 Å². The largest absolute Gasteiger partial charge is 0.493 e. The second kappa shape index (κ2) is 11.8. The number of benzene rings is 2. The first-order valence-electron chi connectivity index (χ1n) is 10.9. The Balaban J connectivity index is 0.00000380. The molecular formula is C24H24ClF2N5O5. The van der Waals surface area contributed by atoms with Crippen LogP contribution in [0.1, 0.15) is 12.8 Å². The number of primary amides is 1. The summed E-state index contributed by atoms with van der Waals surface area (Å²) in [6, 6.07) is 5.61. The fourth-order valence-electron chi connectivity index (χ4n) is 3.80. The number of hydrogen-bond donors (Lipinski definition) is 2. The van der Waals surface area contributed by atoms with Crippen molar-refractivity contribution in [2.45, 2.75) is 18.9 Å². The molecular weight excluding hydrogens is 512 g/mol. The van der Waals surface area contributed by atoms with Crippen molar-refractivity contribution < 1.29 is 33.3 Å². The van der Waals surface area contributed by atoms with E-state index in [1.54, 1.807) is 17.0 Å². The number of carbonyl (C=O) groups excluding carboxylic acids is 2. The molecule has 2 aromatic carbocycles. The minimum absolute atomic E-state index is 0. The van der Waals surface area contributed by atoms with Crippen molar-refractivity contribution in [2.75, 3.05) is 25.5 Å². The third-order valence-electron chi connectivity index (χ3n) is 5.65. The van der Waals surface area contributed by atoms with Crippen LogP contribution >= 0.6 is 11.6 Å². The van der Waals surface area contributed by atoms with E-state index < -0.39 is 22.6 Å². The Labute approximate surface area is 215 Å². The second-order valence-corrected chi connectivity index (χ2v) is 8.35. The predicted octanol–water partition coefficient (Wildman–Crippen LogP) is 2.90. The number of carbonyl (C=O) groups is 2. The Hall–Kier alpha value is -4.03. The van der Waals surface area contributed by atoms with Crippen LogP contribution in [0, 0.1) is 11.6 Å². The number of likely N-dealkylation sites (tertiary alicyclic amines) is 1. The molecule has 4 rings (SSSR count).